The summed E-state index contributed by atoms with van der Waals surface area (Å²) in [5, 5.41) is 4.63. The van der Waals surface area contributed by atoms with E-state index in [1.807, 2.05) is 0 Å². The molecule has 0 spiro atoms. The van der Waals surface area contributed by atoms with Gasteiger partial charge >= 0.3 is 0 Å². The van der Waals surface area contributed by atoms with Crippen LogP contribution >= 0.6 is 11.8 Å². The van der Waals surface area contributed by atoms with Gasteiger partial charge < -0.3 is 9.26 Å². The number of nitrogens with zero attached hydrogens (tertiary/aromatic N) is 4. The van der Waals surface area contributed by atoms with Gasteiger partial charge in [-0.25, -0.2) is 13.4 Å². The summed E-state index contributed by atoms with van der Waals surface area (Å²) in [6.07, 6.45) is 3.12. The van der Waals surface area contributed by atoms with Crippen LogP contribution in [0, 0.1) is 0 Å². The van der Waals surface area contributed by atoms with Crippen molar-refractivity contribution in [1.29, 1.82) is 0 Å². The third-order valence-corrected chi connectivity index (χ3v) is 6.46. The molecule has 0 N–H and O–H groups in total. The van der Waals surface area contributed by atoms with Crippen LogP contribution in [-0.4, -0.2) is 54.2 Å². The Kier molecular flexibility index (Phi) is 6.05. The summed E-state index contributed by atoms with van der Waals surface area (Å²) in [4.78, 5) is 8.73. The first-order valence-corrected chi connectivity index (χ1v) is 10.5. The van der Waals surface area contributed by atoms with Gasteiger partial charge in [0.1, 0.15) is 4.90 Å². The predicted molar refractivity (Wildman–Crippen MR) is 91.7 cm³/mol. The van der Waals surface area contributed by atoms with Gasteiger partial charge in [0, 0.05) is 25.7 Å². The third-order valence-electron chi connectivity index (χ3n) is 3.64. The molecule has 1 fully saturated rings. The Morgan fingerprint density at radius 1 is 1.28 bits per heavy atom. The number of thioether (sulfide) groups is 1. The lowest BCUT2D eigenvalue weighted by Gasteiger charge is -2.25. The van der Waals surface area contributed by atoms with Gasteiger partial charge in [-0.1, -0.05) is 23.8 Å². The highest BCUT2D eigenvalue weighted by atomic mass is 32.2. The normalized spacial score (nSPS) is 16.2. The van der Waals surface area contributed by atoms with Crippen LogP contribution in [0.1, 0.15) is 25.1 Å². The zero-order chi connectivity index (χ0) is 17.7. The van der Waals surface area contributed by atoms with Crippen LogP contribution in [0.3, 0.4) is 0 Å². The summed E-state index contributed by atoms with van der Waals surface area (Å²) >= 11 is 1.44. The van der Waals surface area contributed by atoms with E-state index in [9.17, 15) is 8.42 Å². The molecular formula is C15H20N4O4S2. The van der Waals surface area contributed by atoms with E-state index in [0.29, 0.717) is 48.8 Å². The summed E-state index contributed by atoms with van der Waals surface area (Å²) in [5.74, 6) is 1.77. The Balaban J connectivity index is 1.61. The van der Waals surface area contributed by atoms with E-state index in [1.165, 1.54) is 22.3 Å². The van der Waals surface area contributed by atoms with Gasteiger partial charge in [-0.2, -0.15) is 9.29 Å². The molecule has 0 atom stereocenters. The fourth-order valence-electron chi connectivity index (χ4n) is 2.34. The van der Waals surface area contributed by atoms with Crippen molar-refractivity contribution in [3.8, 4) is 0 Å². The first-order chi connectivity index (χ1) is 12.1. The Bertz CT molecular complexity index is 786. The van der Waals surface area contributed by atoms with Crippen molar-refractivity contribution in [2.24, 2.45) is 0 Å². The van der Waals surface area contributed by atoms with E-state index in [-0.39, 0.29) is 4.90 Å². The number of rotatable bonds is 7. The molecule has 0 unspecified atom stereocenters. The summed E-state index contributed by atoms with van der Waals surface area (Å²) in [7, 11) is -3.51. The first-order valence-electron chi connectivity index (χ1n) is 8.08. The number of aryl methyl sites for hydroxylation is 1. The molecule has 10 heteroatoms. The molecule has 0 aliphatic carbocycles. The van der Waals surface area contributed by atoms with Crippen molar-refractivity contribution < 1.29 is 17.7 Å². The van der Waals surface area contributed by atoms with Crippen LogP contribution in [0.2, 0.25) is 0 Å². The van der Waals surface area contributed by atoms with Crippen LogP contribution < -0.4 is 0 Å². The SMILES string of the molecule is CCCc1nc(CSc2ccc(S(=O)(=O)N3CCOCC3)cn2)no1. The highest BCUT2D eigenvalue weighted by Crippen LogP contribution is 2.22. The Hall–Kier alpha value is -1.49. The maximum absolute atomic E-state index is 12.5. The van der Waals surface area contributed by atoms with Gasteiger partial charge in [0.2, 0.25) is 15.9 Å². The highest BCUT2D eigenvalue weighted by molar-refractivity contribution is 7.98. The first kappa shape index (κ1) is 18.3. The lowest BCUT2D eigenvalue weighted by atomic mass is 10.3. The van der Waals surface area contributed by atoms with E-state index in [2.05, 4.69) is 22.0 Å². The number of hydrogen-bond donors (Lipinski definition) is 0. The van der Waals surface area contributed by atoms with Gasteiger partial charge in [0.15, 0.2) is 5.82 Å². The largest absolute Gasteiger partial charge is 0.379 e. The summed E-state index contributed by atoms with van der Waals surface area (Å²) in [6.45, 7) is 3.64. The Morgan fingerprint density at radius 3 is 2.76 bits per heavy atom. The minimum absolute atomic E-state index is 0.198. The molecule has 2 aromatic heterocycles. The number of ether oxygens (including phenoxy) is 1. The fraction of sp³-hybridized carbons (Fsp3) is 0.533. The van der Waals surface area contributed by atoms with Gasteiger partial charge in [-0.05, 0) is 18.6 Å². The molecule has 1 saturated heterocycles. The molecule has 8 nitrogen and oxygen atoms in total. The van der Waals surface area contributed by atoms with Crippen molar-refractivity contribution in [1.82, 2.24) is 19.4 Å². The second-order valence-electron chi connectivity index (χ2n) is 5.49. The highest BCUT2D eigenvalue weighted by Gasteiger charge is 2.26. The standard InChI is InChI=1S/C15H20N4O4S2/c1-2-3-14-17-13(18-23-14)11-24-15-5-4-12(10-16-15)25(20,21)19-6-8-22-9-7-19/h4-5,10H,2-3,6-9,11H2,1H3. The minimum atomic E-state index is -3.51. The van der Waals surface area contributed by atoms with Crippen molar-refractivity contribution in [3.63, 3.8) is 0 Å². The minimum Gasteiger partial charge on any atom is -0.379 e. The molecule has 0 amide bonds. The quantitative estimate of drug-likeness (QED) is 0.666. The van der Waals surface area contributed by atoms with Gasteiger partial charge in [0.05, 0.1) is 24.0 Å². The fourth-order valence-corrected chi connectivity index (χ4v) is 4.38. The third kappa shape index (κ3) is 4.57. The summed E-state index contributed by atoms with van der Waals surface area (Å²) < 4.78 is 36.8. The molecule has 1 aliphatic heterocycles. The number of morpholine rings is 1. The van der Waals surface area contributed by atoms with Crippen molar-refractivity contribution in [2.75, 3.05) is 26.3 Å². The van der Waals surface area contributed by atoms with E-state index in [4.69, 9.17) is 9.26 Å². The zero-order valence-electron chi connectivity index (χ0n) is 13.9. The average Bonchev–Trinajstić information content (AvgIpc) is 3.09. The van der Waals surface area contributed by atoms with Crippen LogP contribution in [-0.2, 0) is 26.9 Å². The second-order valence-corrected chi connectivity index (χ2v) is 8.43. The van der Waals surface area contributed by atoms with E-state index >= 15 is 0 Å². The smallest absolute Gasteiger partial charge is 0.244 e. The number of hydrogen-bond acceptors (Lipinski definition) is 8. The lowest BCUT2D eigenvalue weighted by Crippen LogP contribution is -2.40. The Labute approximate surface area is 151 Å². The molecule has 0 aromatic carbocycles. The zero-order valence-corrected chi connectivity index (χ0v) is 15.6. The molecule has 3 heterocycles. The molecule has 3 rings (SSSR count). The van der Waals surface area contributed by atoms with E-state index in [1.54, 1.807) is 12.1 Å². The summed E-state index contributed by atoms with van der Waals surface area (Å²) in [6, 6.07) is 3.28. The molecular weight excluding hydrogens is 364 g/mol. The number of aromatic nitrogens is 3. The van der Waals surface area contributed by atoms with Gasteiger partial charge in [0.25, 0.3) is 0 Å². The second kappa shape index (κ2) is 8.26. The topological polar surface area (TPSA) is 98.4 Å². The Morgan fingerprint density at radius 2 is 2.08 bits per heavy atom. The molecule has 0 radical (unpaired) electrons. The van der Waals surface area contributed by atoms with Crippen LogP contribution in [0.5, 0.6) is 0 Å². The van der Waals surface area contributed by atoms with Crippen LogP contribution in [0.15, 0.2) is 32.8 Å². The van der Waals surface area contributed by atoms with Crippen LogP contribution in [0.25, 0.3) is 0 Å². The predicted octanol–water partition coefficient (Wildman–Crippen LogP) is 1.73. The molecule has 1 aliphatic rings. The van der Waals surface area contributed by atoms with Crippen molar-refractivity contribution in [3.05, 3.63) is 30.0 Å². The lowest BCUT2D eigenvalue weighted by molar-refractivity contribution is 0.0730. The maximum Gasteiger partial charge on any atom is 0.244 e. The van der Waals surface area contributed by atoms with Gasteiger partial charge in [-0.15, -0.1) is 0 Å². The van der Waals surface area contributed by atoms with E-state index < -0.39 is 10.0 Å². The molecule has 0 saturated carbocycles. The number of sulfonamides is 1. The van der Waals surface area contributed by atoms with Crippen molar-refractivity contribution in [2.45, 2.75) is 35.4 Å². The van der Waals surface area contributed by atoms with E-state index in [0.717, 1.165) is 12.8 Å². The molecule has 136 valence electrons. The maximum atomic E-state index is 12.5. The molecule has 2 aromatic rings. The van der Waals surface area contributed by atoms with Crippen molar-refractivity contribution >= 4 is 21.8 Å². The monoisotopic (exact) mass is 384 g/mol. The summed E-state index contributed by atoms with van der Waals surface area (Å²) in [5.41, 5.74) is 0. The molecule has 0 bridgehead atoms. The molecule has 25 heavy (non-hydrogen) atoms. The van der Waals surface area contributed by atoms with Crippen LogP contribution in [0.4, 0.5) is 0 Å². The average molecular weight is 384 g/mol. The number of pyridine rings is 1. The van der Waals surface area contributed by atoms with Gasteiger partial charge in [-0.3, -0.25) is 0 Å².